The van der Waals surface area contributed by atoms with E-state index in [9.17, 15) is 0 Å². The molecule has 0 saturated carbocycles. The molecule has 0 saturated heterocycles. The van der Waals surface area contributed by atoms with Crippen molar-refractivity contribution in [1.29, 1.82) is 0 Å². The molecule has 0 spiro atoms. The number of nitrogens with zero attached hydrogens (tertiary/aromatic N) is 2. The summed E-state index contributed by atoms with van der Waals surface area (Å²) in [5, 5.41) is 6.84. The second kappa shape index (κ2) is 5.81. The molecule has 7 heteroatoms. The van der Waals surface area contributed by atoms with Gasteiger partial charge in [0.25, 0.3) is 0 Å². The molecule has 0 aliphatic carbocycles. The van der Waals surface area contributed by atoms with Crippen molar-refractivity contribution in [1.82, 2.24) is 4.98 Å². The molecule has 0 atom stereocenters. The standard InChI is InChI=1S/C11H10Br2N4S/c1-6-5-18-11(16-6)17-15-4-7-2-8(12)3-9(13)10(7)14/h2-5H,14H2,1H3,(H,16,17). The Labute approximate surface area is 126 Å². The van der Waals surface area contributed by atoms with Crippen LogP contribution in [0.2, 0.25) is 0 Å². The SMILES string of the molecule is Cc1csc(NN=Cc2cc(Br)cc(Br)c2N)n1. The molecule has 2 rings (SSSR count). The Balaban J connectivity index is 2.14. The third kappa shape index (κ3) is 3.30. The van der Waals surface area contributed by atoms with Gasteiger partial charge in [-0.3, -0.25) is 5.43 Å². The first-order valence-electron chi connectivity index (χ1n) is 5.02. The number of anilines is 2. The van der Waals surface area contributed by atoms with Gasteiger partial charge < -0.3 is 5.73 Å². The van der Waals surface area contributed by atoms with Crippen LogP contribution in [0.1, 0.15) is 11.3 Å². The fraction of sp³-hybridized carbons (Fsp3) is 0.0909. The topological polar surface area (TPSA) is 63.3 Å². The summed E-state index contributed by atoms with van der Waals surface area (Å²) in [7, 11) is 0. The largest absolute Gasteiger partial charge is 0.397 e. The molecule has 0 amide bonds. The highest BCUT2D eigenvalue weighted by Gasteiger charge is 2.03. The molecule has 94 valence electrons. The van der Waals surface area contributed by atoms with Crippen molar-refractivity contribution in [3.8, 4) is 0 Å². The Morgan fingerprint density at radius 1 is 1.44 bits per heavy atom. The first kappa shape index (κ1) is 13.5. The molecule has 0 fully saturated rings. The van der Waals surface area contributed by atoms with Crippen LogP contribution in [-0.2, 0) is 0 Å². The second-order valence-corrected chi connectivity index (χ2v) is 6.18. The van der Waals surface area contributed by atoms with E-state index in [1.54, 1.807) is 6.21 Å². The molecule has 18 heavy (non-hydrogen) atoms. The van der Waals surface area contributed by atoms with E-state index in [0.29, 0.717) is 5.69 Å². The highest BCUT2D eigenvalue weighted by molar-refractivity contribution is 9.11. The lowest BCUT2D eigenvalue weighted by Crippen LogP contribution is -1.97. The third-order valence-corrected chi connectivity index (χ3v) is 4.09. The fourth-order valence-corrected chi connectivity index (χ4v) is 3.17. The maximum absolute atomic E-state index is 5.94. The predicted octanol–water partition coefficient (Wildman–Crippen LogP) is 4.00. The second-order valence-electron chi connectivity index (χ2n) is 3.55. The summed E-state index contributed by atoms with van der Waals surface area (Å²) in [5.74, 6) is 0. The van der Waals surface area contributed by atoms with Gasteiger partial charge in [0.1, 0.15) is 0 Å². The molecular formula is C11H10Br2N4S. The smallest absolute Gasteiger partial charge is 0.203 e. The first-order valence-corrected chi connectivity index (χ1v) is 7.48. The van der Waals surface area contributed by atoms with Crippen LogP contribution in [0.15, 0.2) is 31.6 Å². The Hall–Kier alpha value is -0.920. The van der Waals surface area contributed by atoms with Crippen LogP contribution in [0.5, 0.6) is 0 Å². The molecule has 0 unspecified atom stereocenters. The molecule has 3 N–H and O–H groups in total. The zero-order valence-electron chi connectivity index (χ0n) is 9.45. The minimum atomic E-state index is 0.652. The number of rotatable bonds is 3. The average molecular weight is 390 g/mol. The highest BCUT2D eigenvalue weighted by atomic mass is 79.9. The molecular weight excluding hydrogens is 380 g/mol. The molecule has 2 aromatic rings. The predicted molar refractivity (Wildman–Crippen MR) is 84.3 cm³/mol. The minimum absolute atomic E-state index is 0.652. The summed E-state index contributed by atoms with van der Waals surface area (Å²) < 4.78 is 1.78. The number of aryl methyl sites for hydroxylation is 1. The molecule has 4 nitrogen and oxygen atoms in total. The summed E-state index contributed by atoms with van der Waals surface area (Å²) >= 11 is 8.31. The van der Waals surface area contributed by atoms with Crippen molar-refractivity contribution >= 4 is 60.2 Å². The summed E-state index contributed by atoms with van der Waals surface area (Å²) in [6.07, 6.45) is 1.67. The number of aromatic nitrogens is 1. The molecule has 0 bridgehead atoms. The van der Waals surface area contributed by atoms with Crippen molar-refractivity contribution in [2.24, 2.45) is 5.10 Å². The number of thiazole rings is 1. The van der Waals surface area contributed by atoms with E-state index < -0.39 is 0 Å². The average Bonchev–Trinajstić information content (AvgIpc) is 2.71. The van der Waals surface area contributed by atoms with Gasteiger partial charge in [0.05, 0.1) is 17.6 Å². The maximum Gasteiger partial charge on any atom is 0.203 e. The van der Waals surface area contributed by atoms with Crippen LogP contribution in [0, 0.1) is 6.92 Å². The summed E-state index contributed by atoms with van der Waals surface area (Å²) in [6, 6.07) is 3.79. The fourth-order valence-electron chi connectivity index (χ4n) is 1.27. The van der Waals surface area contributed by atoms with Gasteiger partial charge >= 0.3 is 0 Å². The Bertz CT molecular complexity index is 595. The van der Waals surface area contributed by atoms with Gasteiger partial charge in [-0.05, 0) is 35.0 Å². The van der Waals surface area contributed by atoms with Crippen molar-refractivity contribution in [3.05, 3.63) is 37.7 Å². The minimum Gasteiger partial charge on any atom is -0.397 e. The lowest BCUT2D eigenvalue weighted by atomic mass is 10.2. The van der Waals surface area contributed by atoms with Crippen molar-refractivity contribution in [3.63, 3.8) is 0 Å². The lowest BCUT2D eigenvalue weighted by molar-refractivity contribution is 1.22. The first-order chi connectivity index (χ1) is 8.56. The van der Waals surface area contributed by atoms with Crippen LogP contribution in [0.4, 0.5) is 10.8 Å². The van der Waals surface area contributed by atoms with Crippen LogP contribution in [-0.4, -0.2) is 11.2 Å². The summed E-state index contributed by atoms with van der Waals surface area (Å²) in [4.78, 5) is 4.24. The van der Waals surface area contributed by atoms with E-state index in [4.69, 9.17) is 5.73 Å². The van der Waals surface area contributed by atoms with E-state index in [2.05, 4.69) is 47.4 Å². The number of halogens is 2. The van der Waals surface area contributed by atoms with Gasteiger partial charge in [-0.1, -0.05) is 15.9 Å². The van der Waals surface area contributed by atoms with Crippen molar-refractivity contribution in [2.75, 3.05) is 11.2 Å². The van der Waals surface area contributed by atoms with Crippen LogP contribution >= 0.6 is 43.2 Å². The maximum atomic E-state index is 5.94. The van der Waals surface area contributed by atoms with Gasteiger partial charge in [0.15, 0.2) is 0 Å². The van der Waals surface area contributed by atoms with Gasteiger partial charge in [0, 0.05) is 19.9 Å². The molecule has 1 heterocycles. The molecule has 0 aliphatic heterocycles. The zero-order valence-corrected chi connectivity index (χ0v) is 13.4. The van der Waals surface area contributed by atoms with E-state index in [-0.39, 0.29) is 0 Å². The Morgan fingerprint density at radius 2 is 2.22 bits per heavy atom. The van der Waals surface area contributed by atoms with Crippen LogP contribution in [0.3, 0.4) is 0 Å². The van der Waals surface area contributed by atoms with Crippen molar-refractivity contribution in [2.45, 2.75) is 6.92 Å². The van der Waals surface area contributed by atoms with E-state index in [0.717, 1.165) is 25.3 Å². The van der Waals surface area contributed by atoms with Crippen molar-refractivity contribution < 1.29 is 0 Å². The van der Waals surface area contributed by atoms with Crippen LogP contribution in [0.25, 0.3) is 0 Å². The van der Waals surface area contributed by atoms with Gasteiger partial charge in [0.2, 0.25) is 5.13 Å². The van der Waals surface area contributed by atoms with E-state index >= 15 is 0 Å². The number of nitrogen functional groups attached to an aromatic ring is 1. The van der Waals surface area contributed by atoms with Gasteiger partial charge in [-0.25, -0.2) is 4.98 Å². The Kier molecular flexibility index (Phi) is 4.36. The lowest BCUT2D eigenvalue weighted by Gasteiger charge is -2.03. The summed E-state index contributed by atoms with van der Waals surface area (Å²) in [6.45, 7) is 1.94. The molecule has 1 aromatic carbocycles. The molecule has 0 aliphatic rings. The van der Waals surface area contributed by atoms with Gasteiger partial charge in [-0.15, -0.1) is 11.3 Å². The number of hydrogen-bond acceptors (Lipinski definition) is 5. The Morgan fingerprint density at radius 3 is 2.89 bits per heavy atom. The quantitative estimate of drug-likeness (QED) is 0.473. The number of nitrogens with two attached hydrogens (primary N) is 1. The number of hydrogen-bond donors (Lipinski definition) is 2. The number of hydrazone groups is 1. The third-order valence-electron chi connectivity index (χ3n) is 2.11. The highest BCUT2D eigenvalue weighted by Crippen LogP contribution is 2.27. The molecule has 0 radical (unpaired) electrons. The van der Waals surface area contributed by atoms with E-state index in [1.807, 2.05) is 24.4 Å². The monoisotopic (exact) mass is 388 g/mol. The molecule has 1 aromatic heterocycles. The normalized spacial score (nSPS) is 11.1. The number of nitrogens with one attached hydrogen (secondary N) is 1. The van der Waals surface area contributed by atoms with Gasteiger partial charge in [-0.2, -0.15) is 5.10 Å². The van der Waals surface area contributed by atoms with Crippen LogP contribution < -0.4 is 11.2 Å². The van der Waals surface area contributed by atoms with E-state index in [1.165, 1.54) is 11.3 Å². The number of benzene rings is 1. The summed E-state index contributed by atoms with van der Waals surface area (Å²) in [5.41, 5.74) is 11.3. The zero-order chi connectivity index (χ0) is 13.1.